The minimum atomic E-state index is -0.884. The second-order valence-electron chi connectivity index (χ2n) is 5.42. The number of carboxylic acid groups (broad SMARTS) is 1. The van der Waals surface area contributed by atoms with E-state index in [4.69, 9.17) is 9.84 Å². The van der Waals surface area contributed by atoms with Gasteiger partial charge in [0.1, 0.15) is 6.10 Å². The fourth-order valence-electron chi connectivity index (χ4n) is 1.46. The van der Waals surface area contributed by atoms with Crippen LogP contribution in [-0.4, -0.2) is 36.7 Å². The molecule has 0 aromatic heterocycles. The van der Waals surface area contributed by atoms with Gasteiger partial charge in [-0.05, 0) is 18.8 Å². The van der Waals surface area contributed by atoms with Crippen LogP contribution in [0, 0.1) is 11.3 Å². The fraction of sp³-hybridized carbons (Fsp3) is 0.833. The highest BCUT2D eigenvalue weighted by molar-refractivity contribution is 5.81. The van der Waals surface area contributed by atoms with Gasteiger partial charge in [0.15, 0.2) is 0 Å². The molecule has 0 fully saturated rings. The maximum Gasteiger partial charge on any atom is 0.308 e. The zero-order chi connectivity index (χ0) is 13.6. The molecular formula is C12H23NO4. The molecule has 0 saturated carbocycles. The Morgan fingerprint density at radius 1 is 1.35 bits per heavy atom. The molecule has 5 nitrogen and oxygen atoms in total. The zero-order valence-corrected chi connectivity index (χ0v) is 11.2. The minimum Gasteiger partial charge on any atom is -0.481 e. The number of ether oxygens (including phenoxy) is 1. The standard InChI is InChI=1S/C12H23NO4/c1-8(17-5)10(14)13-7-9(11(15)16)6-12(2,3)4/h8-9H,6-7H2,1-5H3,(H,13,14)(H,15,16). The van der Waals surface area contributed by atoms with Gasteiger partial charge in [-0.2, -0.15) is 0 Å². The molecule has 17 heavy (non-hydrogen) atoms. The van der Waals surface area contributed by atoms with Crippen molar-refractivity contribution in [3.63, 3.8) is 0 Å². The highest BCUT2D eigenvalue weighted by Gasteiger charge is 2.25. The monoisotopic (exact) mass is 245 g/mol. The average Bonchev–Trinajstić information content (AvgIpc) is 2.20. The van der Waals surface area contributed by atoms with E-state index in [0.29, 0.717) is 6.42 Å². The van der Waals surface area contributed by atoms with E-state index >= 15 is 0 Å². The number of carbonyl (C=O) groups is 2. The Hall–Kier alpha value is -1.10. The molecular weight excluding hydrogens is 222 g/mol. The summed E-state index contributed by atoms with van der Waals surface area (Å²) in [5.41, 5.74) is -0.0827. The highest BCUT2D eigenvalue weighted by Crippen LogP contribution is 2.24. The van der Waals surface area contributed by atoms with Gasteiger partial charge in [-0.1, -0.05) is 20.8 Å². The van der Waals surface area contributed by atoms with Crippen LogP contribution in [0.1, 0.15) is 34.1 Å². The van der Waals surface area contributed by atoms with E-state index in [9.17, 15) is 9.59 Å². The first kappa shape index (κ1) is 15.9. The van der Waals surface area contributed by atoms with E-state index in [1.165, 1.54) is 7.11 Å². The first-order valence-corrected chi connectivity index (χ1v) is 5.70. The lowest BCUT2D eigenvalue weighted by atomic mass is 9.84. The van der Waals surface area contributed by atoms with E-state index in [1.807, 2.05) is 20.8 Å². The number of carboxylic acids is 1. The van der Waals surface area contributed by atoms with Crippen molar-refractivity contribution in [2.45, 2.75) is 40.2 Å². The molecule has 0 aromatic rings. The second-order valence-corrected chi connectivity index (χ2v) is 5.42. The molecule has 0 aliphatic carbocycles. The van der Waals surface area contributed by atoms with Gasteiger partial charge in [-0.3, -0.25) is 9.59 Å². The molecule has 2 N–H and O–H groups in total. The third-order valence-electron chi connectivity index (χ3n) is 2.45. The second kappa shape index (κ2) is 6.59. The Balaban J connectivity index is 4.29. The number of amides is 1. The van der Waals surface area contributed by atoms with Crippen LogP contribution < -0.4 is 5.32 Å². The van der Waals surface area contributed by atoms with Crippen LogP contribution in [-0.2, 0) is 14.3 Å². The Morgan fingerprint density at radius 3 is 2.24 bits per heavy atom. The molecule has 0 bridgehead atoms. The number of hydrogen-bond acceptors (Lipinski definition) is 3. The van der Waals surface area contributed by atoms with E-state index in [2.05, 4.69) is 5.32 Å². The van der Waals surface area contributed by atoms with Gasteiger partial charge in [0.2, 0.25) is 5.91 Å². The van der Waals surface area contributed by atoms with Crippen molar-refractivity contribution in [2.24, 2.45) is 11.3 Å². The van der Waals surface area contributed by atoms with Crippen LogP contribution in [0.2, 0.25) is 0 Å². The van der Waals surface area contributed by atoms with Crippen LogP contribution in [0.25, 0.3) is 0 Å². The molecule has 100 valence electrons. The van der Waals surface area contributed by atoms with Gasteiger partial charge < -0.3 is 15.2 Å². The third kappa shape index (κ3) is 6.94. The van der Waals surface area contributed by atoms with Crippen molar-refractivity contribution in [1.29, 1.82) is 0 Å². The number of methoxy groups -OCH3 is 1. The summed E-state index contributed by atoms with van der Waals surface area (Å²) in [6.45, 7) is 7.68. The van der Waals surface area contributed by atoms with Gasteiger partial charge in [0, 0.05) is 13.7 Å². The van der Waals surface area contributed by atoms with Gasteiger partial charge in [0.25, 0.3) is 0 Å². The Morgan fingerprint density at radius 2 is 1.88 bits per heavy atom. The summed E-state index contributed by atoms with van der Waals surface area (Å²) in [5.74, 6) is -1.74. The van der Waals surface area contributed by atoms with Crippen molar-refractivity contribution in [3.8, 4) is 0 Å². The van der Waals surface area contributed by atoms with Gasteiger partial charge >= 0.3 is 5.97 Å². The lowest BCUT2D eigenvalue weighted by molar-refractivity contribution is -0.143. The van der Waals surface area contributed by atoms with Crippen molar-refractivity contribution in [1.82, 2.24) is 5.32 Å². The predicted molar refractivity (Wildman–Crippen MR) is 64.7 cm³/mol. The van der Waals surface area contributed by atoms with E-state index in [1.54, 1.807) is 6.92 Å². The molecule has 2 atom stereocenters. The number of carbonyl (C=O) groups excluding carboxylic acids is 1. The fourth-order valence-corrected chi connectivity index (χ4v) is 1.46. The van der Waals surface area contributed by atoms with Crippen molar-refractivity contribution in [2.75, 3.05) is 13.7 Å². The van der Waals surface area contributed by atoms with Crippen molar-refractivity contribution < 1.29 is 19.4 Å². The molecule has 0 aliphatic rings. The van der Waals surface area contributed by atoms with E-state index in [-0.39, 0.29) is 17.9 Å². The summed E-state index contributed by atoms with van der Waals surface area (Å²) in [7, 11) is 1.44. The molecule has 2 unspecified atom stereocenters. The minimum absolute atomic E-state index is 0.0827. The van der Waals surface area contributed by atoms with Gasteiger partial charge in [-0.25, -0.2) is 0 Å². The first-order chi connectivity index (χ1) is 7.67. The van der Waals surface area contributed by atoms with E-state index in [0.717, 1.165) is 0 Å². The third-order valence-corrected chi connectivity index (χ3v) is 2.45. The number of aliphatic carboxylic acids is 1. The maximum absolute atomic E-state index is 11.4. The maximum atomic E-state index is 11.4. The van der Waals surface area contributed by atoms with Crippen LogP contribution in [0.5, 0.6) is 0 Å². The van der Waals surface area contributed by atoms with Crippen molar-refractivity contribution >= 4 is 11.9 Å². The largest absolute Gasteiger partial charge is 0.481 e. The average molecular weight is 245 g/mol. The number of nitrogens with one attached hydrogen (secondary N) is 1. The summed E-state index contributed by atoms with van der Waals surface area (Å²) in [5, 5.41) is 11.7. The summed E-state index contributed by atoms with van der Waals surface area (Å²) < 4.78 is 4.85. The van der Waals surface area contributed by atoms with E-state index < -0.39 is 18.0 Å². The number of rotatable bonds is 6. The smallest absolute Gasteiger partial charge is 0.308 e. The summed E-state index contributed by atoms with van der Waals surface area (Å²) in [6.07, 6.45) is -0.0386. The summed E-state index contributed by atoms with van der Waals surface area (Å²) in [4.78, 5) is 22.5. The van der Waals surface area contributed by atoms with Crippen LogP contribution in [0.15, 0.2) is 0 Å². The van der Waals surface area contributed by atoms with Crippen LogP contribution in [0.4, 0.5) is 0 Å². The predicted octanol–water partition coefficient (Wildman–Crippen LogP) is 1.27. The normalized spacial score (nSPS) is 15.1. The molecule has 0 aromatic carbocycles. The topological polar surface area (TPSA) is 75.6 Å². The summed E-state index contributed by atoms with van der Waals surface area (Å²) in [6, 6.07) is 0. The Bertz CT molecular complexity index is 270. The highest BCUT2D eigenvalue weighted by atomic mass is 16.5. The quantitative estimate of drug-likeness (QED) is 0.739. The summed E-state index contributed by atoms with van der Waals surface area (Å²) >= 11 is 0. The lowest BCUT2D eigenvalue weighted by Crippen LogP contribution is -2.39. The molecule has 0 radical (unpaired) electrons. The molecule has 5 heteroatoms. The van der Waals surface area contributed by atoms with Crippen molar-refractivity contribution in [3.05, 3.63) is 0 Å². The zero-order valence-electron chi connectivity index (χ0n) is 11.2. The van der Waals surface area contributed by atoms with Crippen LogP contribution in [0.3, 0.4) is 0 Å². The first-order valence-electron chi connectivity index (χ1n) is 5.70. The Kier molecular flexibility index (Phi) is 6.16. The molecule has 0 spiro atoms. The molecule has 1 amide bonds. The molecule has 0 heterocycles. The number of hydrogen-bond donors (Lipinski definition) is 2. The lowest BCUT2D eigenvalue weighted by Gasteiger charge is -2.23. The molecule has 0 rings (SSSR count). The SMILES string of the molecule is COC(C)C(=O)NCC(CC(C)(C)C)C(=O)O. The van der Waals surface area contributed by atoms with Gasteiger partial charge in [0.05, 0.1) is 5.92 Å². The molecule has 0 saturated heterocycles. The Labute approximate surface area is 103 Å². The van der Waals surface area contributed by atoms with Gasteiger partial charge in [-0.15, -0.1) is 0 Å². The molecule has 0 aliphatic heterocycles. The van der Waals surface area contributed by atoms with Crippen LogP contribution >= 0.6 is 0 Å².